The van der Waals surface area contributed by atoms with Gasteiger partial charge in [0, 0.05) is 31.1 Å². The monoisotopic (exact) mass is 864 g/mol. The Kier molecular flexibility index (Phi) is 17.4. The number of ether oxygens (including phenoxy) is 1. The van der Waals surface area contributed by atoms with Crippen molar-refractivity contribution in [1.82, 2.24) is 25.6 Å². The molecule has 60 heavy (non-hydrogen) atoms. The van der Waals surface area contributed by atoms with Crippen LogP contribution in [0, 0.1) is 5.92 Å². The number of aliphatic imine (C=N–C) groups is 1. The molecular formula is C43H57ClN8O7S. The van der Waals surface area contributed by atoms with Gasteiger partial charge in [0.15, 0.2) is 5.96 Å². The maximum Gasteiger partial charge on any atom is 0.289 e. The second kappa shape index (κ2) is 22.7. The van der Waals surface area contributed by atoms with Crippen LogP contribution in [0.3, 0.4) is 0 Å². The van der Waals surface area contributed by atoms with Gasteiger partial charge < -0.3 is 37.1 Å². The number of sulfonamides is 1. The molecule has 3 amide bonds. The van der Waals surface area contributed by atoms with Crippen molar-refractivity contribution in [2.45, 2.75) is 82.2 Å². The summed E-state index contributed by atoms with van der Waals surface area (Å²) in [6.45, 7) is 2.17. The van der Waals surface area contributed by atoms with E-state index >= 15 is 0 Å². The lowest BCUT2D eigenvalue weighted by Gasteiger charge is -2.30. The Labute approximate surface area is 357 Å². The topological polar surface area (TPSA) is 227 Å². The molecule has 2 aliphatic rings. The quantitative estimate of drug-likeness (QED) is 0.0397. The number of nitrogens with zero attached hydrogens (tertiary/aromatic N) is 2. The lowest BCUT2D eigenvalue weighted by atomic mass is 9.91. The SMILES string of the molecule is CS(=O)(=O)N[C@H](CCC1CCNCC1)C(=O)N1C[C@H](OCc2ccc(Cl)cc2)CC1C(=O)N[C@@H](CCCN=C(N)N)C(=O)C(=O)NCCc1ccc(-c2ccccc2)cc1. The second-order valence-corrected chi connectivity index (χ2v) is 17.7. The van der Waals surface area contributed by atoms with Gasteiger partial charge in [-0.25, -0.2) is 13.1 Å². The van der Waals surface area contributed by atoms with Crippen molar-refractivity contribution < 1.29 is 32.3 Å². The van der Waals surface area contributed by atoms with Crippen LogP contribution in [-0.2, 0) is 47.0 Å². The highest BCUT2D eigenvalue weighted by Crippen LogP contribution is 2.26. The van der Waals surface area contributed by atoms with Crippen LogP contribution >= 0.6 is 11.6 Å². The molecular weight excluding hydrogens is 808 g/mol. The molecule has 4 atom stereocenters. The number of hydrogen-bond acceptors (Lipinski definition) is 9. The van der Waals surface area contributed by atoms with E-state index in [9.17, 15) is 27.6 Å². The number of rotatable bonds is 21. The summed E-state index contributed by atoms with van der Waals surface area (Å²) >= 11 is 6.06. The predicted molar refractivity (Wildman–Crippen MR) is 232 cm³/mol. The average molecular weight is 865 g/mol. The average Bonchev–Trinajstić information content (AvgIpc) is 3.67. The zero-order chi connectivity index (χ0) is 43.1. The highest BCUT2D eigenvalue weighted by molar-refractivity contribution is 7.88. The van der Waals surface area contributed by atoms with E-state index in [0.29, 0.717) is 23.8 Å². The minimum absolute atomic E-state index is 0.00425. The van der Waals surface area contributed by atoms with Gasteiger partial charge in [0.25, 0.3) is 5.91 Å². The van der Waals surface area contributed by atoms with Gasteiger partial charge in [0.05, 0.1) is 25.0 Å². The highest BCUT2D eigenvalue weighted by atomic mass is 35.5. The predicted octanol–water partition coefficient (Wildman–Crippen LogP) is 2.66. The van der Waals surface area contributed by atoms with Crippen LogP contribution < -0.4 is 32.1 Å². The van der Waals surface area contributed by atoms with Gasteiger partial charge in [-0.05, 0) is 98.3 Å². The summed E-state index contributed by atoms with van der Waals surface area (Å²) in [4.78, 5) is 61.0. The van der Waals surface area contributed by atoms with E-state index in [1.165, 1.54) is 4.90 Å². The van der Waals surface area contributed by atoms with Gasteiger partial charge in [-0.1, -0.05) is 78.3 Å². The number of carbonyl (C=O) groups is 4. The number of guanidine groups is 1. The number of likely N-dealkylation sites (tertiary alicyclic amines) is 1. The molecule has 8 N–H and O–H groups in total. The van der Waals surface area contributed by atoms with Crippen molar-refractivity contribution in [3.05, 3.63) is 95.0 Å². The summed E-state index contributed by atoms with van der Waals surface area (Å²) in [5.41, 5.74) is 14.9. The van der Waals surface area contributed by atoms with Crippen LogP contribution in [-0.4, -0.2) is 106 Å². The molecule has 1 unspecified atom stereocenters. The maximum absolute atomic E-state index is 14.4. The van der Waals surface area contributed by atoms with Crippen LogP contribution in [0.1, 0.15) is 56.1 Å². The number of nitrogens with one attached hydrogen (secondary N) is 4. The van der Waals surface area contributed by atoms with Crippen LogP contribution in [0.5, 0.6) is 0 Å². The van der Waals surface area contributed by atoms with Crippen molar-refractivity contribution in [3.8, 4) is 11.1 Å². The van der Waals surface area contributed by atoms with Crippen LogP contribution in [0.25, 0.3) is 11.1 Å². The molecule has 17 heteroatoms. The molecule has 15 nitrogen and oxygen atoms in total. The summed E-state index contributed by atoms with van der Waals surface area (Å²) in [5.74, 6) is -2.81. The first-order chi connectivity index (χ1) is 28.8. The highest BCUT2D eigenvalue weighted by Gasteiger charge is 2.44. The number of carbonyl (C=O) groups excluding carboxylic acids is 4. The minimum atomic E-state index is -3.82. The van der Waals surface area contributed by atoms with Gasteiger partial charge in [-0.2, -0.15) is 0 Å². The number of Topliss-reactive ketones (excluding diaryl/α,β-unsaturated/α-hetero) is 1. The van der Waals surface area contributed by atoms with Gasteiger partial charge in [-0.15, -0.1) is 0 Å². The smallest absolute Gasteiger partial charge is 0.289 e. The first-order valence-corrected chi connectivity index (χ1v) is 22.7. The van der Waals surface area contributed by atoms with Crippen molar-refractivity contribution in [3.63, 3.8) is 0 Å². The van der Waals surface area contributed by atoms with Gasteiger partial charge in [0.2, 0.25) is 27.6 Å². The van der Waals surface area contributed by atoms with E-state index in [0.717, 1.165) is 54.4 Å². The van der Waals surface area contributed by atoms with Crippen molar-refractivity contribution in [1.29, 1.82) is 0 Å². The van der Waals surface area contributed by atoms with Crippen LogP contribution in [0.2, 0.25) is 5.02 Å². The molecule has 0 aliphatic carbocycles. The Morgan fingerprint density at radius 1 is 0.917 bits per heavy atom. The summed E-state index contributed by atoms with van der Waals surface area (Å²) in [5, 5.41) is 9.31. The van der Waals surface area contributed by atoms with E-state index in [2.05, 4.69) is 25.7 Å². The Morgan fingerprint density at radius 2 is 1.58 bits per heavy atom. The summed E-state index contributed by atoms with van der Waals surface area (Å²) in [7, 11) is -3.82. The molecule has 2 aliphatic heterocycles. The molecule has 2 fully saturated rings. The fraction of sp³-hybridized carbons (Fsp3) is 0.465. The van der Waals surface area contributed by atoms with E-state index < -0.39 is 57.8 Å². The van der Waals surface area contributed by atoms with Gasteiger partial charge in [-0.3, -0.25) is 24.2 Å². The maximum atomic E-state index is 14.4. The third-order valence-corrected chi connectivity index (χ3v) is 11.8. The van der Waals surface area contributed by atoms with Gasteiger partial charge >= 0.3 is 0 Å². The lowest BCUT2D eigenvalue weighted by Crippen LogP contribution is -2.56. The molecule has 2 saturated heterocycles. The number of amides is 3. The first kappa shape index (κ1) is 46.2. The van der Waals surface area contributed by atoms with Crippen LogP contribution in [0.4, 0.5) is 0 Å². The number of hydrogen-bond donors (Lipinski definition) is 6. The molecule has 324 valence electrons. The number of halogens is 1. The summed E-state index contributed by atoms with van der Waals surface area (Å²) < 4.78 is 33.8. The fourth-order valence-electron chi connectivity index (χ4n) is 7.57. The third kappa shape index (κ3) is 14.7. The fourth-order valence-corrected chi connectivity index (χ4v) is 8.43. The van der Waals surface area contributed by atoms with E-state index in [4.69, 9.17) is 27.8 Å². The zero-order valence-electron chi connectivity index (χ0n) is 34.0. The molecule has 2 heterocycles. The number of nitrogens with two attached hydrogens (primary N) is 2. The van der Waals surface area contributed by atoms with E-state index in [1.807, 2.05) is 66.7 Å². The van der Waals surface area contributed by atoms with E-state index in [-0.39, 0.29) is 57.9 Å². The number of benzene rings is 3. The van der Waals surface area contributed by atoms with E-state index in [1.54, 1.807) is 12.1 Å². The van der Waals surface area contributed by atoms with Crippen LogP contribution in [0.15, 0.2) is 83.9 Å². The first-order valence-electron chi connectivity index (χ1n) is 20.4. The number of piperidine rings is 1. The molecule has 0 aromatic heterocycles. The third-order valence-electron chi connectivity index (χ3n) is 10.8. The summed E-state index contributed by atoms with van der Waals surface area (Å²) in [6.07, 6.45) is 3.87. The lowest BCUT2D eigenvalue weighted by molar-refractivity contribution is -0.142. The number of ketones is 1. The molecule has 0 bridgehead atoms. The Hall–Kier alpha value is -4.87. The van der Waals surface area contributed by atoms with Crippen molar-refractivity contribution in [2.75, 3.05) is 39.0 Å². The molecule has 0 spiro atoms. The molecule has 3 aromatic rings. The second-order valence-electron chi connectivity index (χ2n) is 15.5. The minimum Gasteiger partial charge on any atom is -0.372 e. The zero-order valence-corrected chi connectivity index (χ0v) is 35.6. The van der Waals surface area contributed by atoms with Gasteiger partial charge in [0.1, 0.15) is 12.1 Å². The Bertz CT molecular complexity index is 2030. The largest absolute Gasteiger partial charge is 0.372 e. The van der Waals surface area contributed by atoms with Crippen molar-refractivity contribution >= 4 is 51.1 Å². The summed E-state index contributed by atoms with van der Waals surface area (Å²) in [6, 6.07) is 21.4. The molecule has 0 radical (unpaired) electrons. The molecule has 3 aromatic carbocycles. The Morgan fingerprint density at radius 3 is 2.25 bits per heavy atom. The Balaban J connectivity index is 1.29. The molecule has 0 saturated carbocycles. The normalized spacial score (nSPS) is 18.0. The molecule has 5 rings (SSSR count). The van der Waals surface area contributed by atoms with Crippen molar-refractivity contribution in [2.24, 2.45) is 22.4 Å². The standard InChI is InChI=1S/C43H57ClN8O7S/c1-60(57,58)51-37(18-13-30-19-23-47-24-20-30)42(56)52-27-35(59-28-31-11-16-34(44)17-12-31)26-38(52)40(54)50-36(8-5-22-49-43(45)46)39(53)41(55)48-25-21-29-9-14-33(15-10-29)32-6-3-2-4-7-32/h2-4,6-7,9-12,14-17,30,35-38,47,51H,5,8,13,18-28H2,1H3,(H,48,55)(H,50,54)(H4,45,46,49)/t35-,36+,37-,38?/m1/s1.